The van der Waals surface area contributed by atoms with Gasteiger partial charge in [0.1, 0.15) is 0 Å². The maximum absolute atomic E-state index is 12.4. The van der Waals surface area contributed by atoms with Crippen LogP contribution in [0.3, 0.4) is 0 Å². The molecule has 2 aliphatic carbocycles. The minimum Gasteiger partial charge on any atom is -0.345 e. The Morgan fingerprint density at radius 3 is 2.70 bits per heavy atom. The van der Waals surface area contributed by atoms with Gasteiger partial charge in [0.15, 0.2) is 5.78 Å². The van der Waals surface area contributed by atoms with Crippen LogP contribution in [0.4, 0.5) is 0 Å². The molecule has 3 rings (SSSR count). The van der Waals surface area contributed by atoms with Gasteiger partial charge in [0.2, 0.25) is 0 Å². The zero-order valence-electron chi connectivity index (χ0n) is 13.0. The molecule has 0 bridgehead atoms. The van der Waals surface area contributed by atoms with Crippen LogP contribution in [0.1, 0.15) is 67.3 Å². The van der Waals surface area contributed by atoms with Crippen LogP contribution in [-0.2, 0) is 6.42 Å². The Morgan fingerprint density at radius 2 is 2.05 bits per heavy atom. The second-order valence-corrected chi connectivity index (χ2v) is 8.42. The van der Waals surface area contributed by atoms with Crippen molar-refractivity contribution in [1.29, 1.82) is 0 Å². The van der Waals surface area contributed by atoms with Crippen LogP contribution >= 0.6 is 11.8 Å². The zero-order chi connectivity index (χ0) is 14.5. The SMILES string of the molecule is CSC1CCC(n2c(C)cc3c2CC(C)(C)CC3=O)C1. The van der Waals surface area contributed by atoms with Crippen LogP contribution < -0.4 is 0 Å². The molecule has 2 nitrogen and oxygen atoms in total. The van der Waals surface area contributed by atoms with Gasteiger partial charge in [0.05, 0.1) is 0 Å². The molecule has 1 aromatic rings. The molecule has 1 heterocycles. The quantitative estimate of drug-likeness (QED) is 0.805. The lowest BCUT2D eigenvalue weighted by atomic mass is 9.76. The van der Waals surface area contributed by atoms with E-state index in [1.165, 1.54) is 30.7 Å². The van der Waals surface area contributed by atoms with E-state index in [4.69, 9.17) is 0 Å². The Morgan fingerprint density at radius 1 is 1.30 bits per heavy atom. The highest BCUT2D eigenvalue weighted by Gasteiger charge is 2.36. The van der Waals surface area contributed by atoms with Gasteiger partial charge in [-0.25, -0.2) is 0 Å². The molecule has 2 atom stereocenters. The molecule has 1 saturated carbocycles. The first-order valence-corrected chi connectivity index (χ1v) is 8.97. The lowest BCUT2D eigenvalue weighted by Gasteiger charge is -2.31. The lowest BCUT2D eigenvalue weighted by Crippen LogP contribution is -2.28. The van der Waals surface area contributed by atoms with E-state index in [1.54, 1.807) is 0 Å². The highest BCUT2D eigenvalue weighted by molar-refractivity contribution is 7.99. The Kier molecular flexibility index (Phi) is 3.52. The molecule has 0 saturated heterocycles. The Labute approximate surface area is 126 Å². The van der Waals surface area contributed by atoms with Crippen molar-refractivity contribution in [3.63, 3.8) is 0 Å². The third-order valence-electron chi connectivity index (χ3n) is 4.98. The van der Waals surface area contributed by atoms with Gasteiger partial charge in [-0.2, -0.15) is 11.8 Å². The number of fused-ring (bicyclic) bond motifs is 1. The Hall–Kier alpha value is -0.700. The number of aromatic nitrogens is 1. The second-order valence-electron chi connectivity index (χ2n) is 7.28. The number of hydrogen-bond acceptors (Lipinski definition) is 2. The summed E-state index contributed by atoms with van der Waals surface area (Å²) in [6, 6.07) is 2.75. The molecule has 0 amide bonds. The van der Waals surface area contributed by atoms with Crippen molar-refractivity contribution in [1.82, 2.24) is 4.57 Å². The van der Waals surface area contributed by atoms with Crippen molar-refractivity contribution in [3.05, 3.63) is 23.0 Å². The zero-order valence-corrected chi connectivity index (χ0v) is 13.8. The van der Waals surface area contributed by atoms with E-state index in [1.807, 2.05) is 11.8 Å². The molecule has 2 aliphatic rings. The van der Waals surface area contributed by atoms with Crippen molar-refractivity contribution in [2.24, 2.45) is 5.41 Å². The topological polar surface area (TPSA) is 22.0 Å². The van der Waals surface area contributed by atoms with Crippen LogP contribution in [0.25, 0.3) is 0 Å². The molecule has 0 spiro atoms. The molecule has 20 heavy (non-hydrogen) atoms. The first-order chi connectivity index (χ1) is 9.41. The van der Waals surface area contributed by atoms with Crippen LogP contribution in [0.2, 0.25) is 0 Å². The van der Waals surface area contributed by atoms with Gasteiger partial charge in [-0.1, -0.05) is 13.8 Å². The molecule has 1 fully saturated rings. The van der Waals surface area contributed by atoms with E-state index in [0.29, 0.717) is 18.2 Å². The van der Waals surface area contributed by atoms with Crippen molar-refractivity contribution in [2.75, 3.05) is 6.26 Å². The van der Waals surface area contributed by atoms with Gasteiger partial charge >= 0.3 is 0 Å². The van der Waals surface area contributed by atoms with E-state index >= 15 is 0 Å². The fourth-order valence-electron chi connectivity index (χ4n) is 4.05. The molecule has 0 aliphatic heterocycles. The third kappa shape index (κ3) is 2.34. The summed E-state index contributed by atoms with van der Waals surface area (Å²) in [7, 11) is 0. The summed E-state index contributed by atoms with van der Waals surface area (Å²) in [5, 5.41) is 0.796. The number of hydrogen-bond donors (Lipinski definition) is 0. The molecule has 3 heteroatoms. The fraction of sp³-hybridized carbons (Fsp3) is 0.706. The number of carbonyl (C=O) groups is 1. The summed E-state index contributed by atoms with van der Waals surface area (Å²) in [4.78, 5) is 12.4. The van der Waals surface area contributed by atoms with Crippen LogP contribution in [0.5, 0.6) is 0 Å². The fourth-order valence-corrected chi connectivity index (χ4v) is 4.83. The highest BCUT2D eigenvalue weighted by Crippen LogP contribution is 2.42. The molecule has 2 unspecified atom stereocenters. The smallest absolute Gasteiger partial charge is 0.165 e. The van der Waals surface area contributed by atoms with E-state index < -0.39 is 0 Å². The van der Waals surface area contributed by atoms with E-state index in [-0.39, 0.29) is 5.41 Å². The first kappa shape index (κ1) is 14.2. The van der Waals surface area contributed by atoms with Gasteiger partial charge in [0, 0.05) is 34.7 Å². The molecule has 0 radical (unpaired) electrons. The first-order valence-electron chi connectivity index (χ1n) is 7.68. The summed E-state index contributed by atoms with van der Waals surface area (Å²) < 4.78 is 2.50. The number of ketones is 1. The number of thioether (sulfide) groups is 1. The van der Waals surface area contributed by atoms with E-state index in [9.17, 15) is 4.79 Å². The van der Waals surface area contributed by atoms with Gasteiger partial charge in [0.25, 0.3) is 0 Å². The molecular formula is C17H25NOS. The molecule has 1 aromatic heterocycles. The number of aryl methyl sites for hydroxylation is 1. The summed E-state index contributed by atoms with van der Waals surface area (Å²) in [6.45, 7) is 6.62. The van der Waals surface area contributed by atoms with E-state index in [0.717, 1.165) is 17.2 Å². The van der Waals surface area contributed by atoms with Crippen LogP contribution in [0.15, 0.2) is 6.07 Å². The van der Waals surface area contributed by atoms with Crippen LogP contribution in [0, 0.1) is 12.3 Å². The molecule has 0 N–H and O–H groups in total. The van der Waals surface area contributed by atoms with Crippen LogP contribution in [-0.4, -0.2) is 21.9 Å². The van der Waals surface area contributed by atoms with Crippen molar-refractivity contribution < 1.29 is 4.79 Å². The van der Waals surface area contributed by atoms with Gasteiger partial charge in [-0.3, -0.25) is 4.79 Å². The third-order valence-corrected chi connectivity index (χ3v) is 6.07. The number of Topliss-reactive ketones (excluding diaryl/α,β-unsaturated/α-hetero) is 1. The average Bonchev–Trinajstić information content (AvgIpc) is 2.92. The average molecular weight is 291 g/mol. The minimum atomic E-state index is 0.115. The van der Waals surface area contributed by atoms with Gasteiger partial charge in [-0.05, 0) is 50.3 Å². The Bertz CT molecular complexity index is 543. The predicted octanol–water partition coefficient (Wildman–Crippen LogP) is 4.41. The maximum atomic E-state index is 12.4. The van der Waals surface area contributed by atoms with Gasteiger partial charge < -0.3 is 4.57 Å². The minimum absolute atomic E-state index is 0.115. The van der Waals surface area contributed by atoms with Crippen molar-refractivity contribution in [2.45, 2.75) is 64.2 Å². The second kappa shape index (κ2) is 4.94. The van der Waals surface area contributed by atoms with Crippen molar-refractivity contribution >= 4 is 17.5 Å². The van der Waals surface area contributed by atoms with Crippen molar-refractivity contribution in [3.8, 4) is 0 Å². The van der Waals surface area contributed by atoms with E-state index in [2.05, 4.69) is 37.7 Å². The lowest BCUT2D eigenvalue weighted by molar-refractivity contribution is 0.0909. The molecule has 110 valence electrons. The normalized spacial score (nSPS) is 28.7. The monoisotopic (exact) mass is 291 g/mol. The molecular weight excluding hydrogens is 266 g/mol. The predicted molar refractivity (Wildman–Crippen MR) is 85.8 cm³/mol. The standard InChI is InChI=1S/C17H25NOS/c1-11-7-14-15(9-17(2,3)10-16(14)19)18(11)12-5-6-13(8-12)20-4/h7,12-13H,5-6,8-10H2,1-4H3. The largest absolute Gasteiger partial charge is 0.345 e. The summed E-state index contributed by atoms with van der Waals surface area (Å²) >= 11 is 2.00. The summed E-state index contributed by atoms with van der Waals surface area (Å²) in [6.07, 6.45) is 7.80. The number of rotatable bonds is 2. The Balaban J connectivity index is 1.99. The van der Waals surface area contributed by atoms with Gasteiger partial charge in [-0.15, -0.1) is 0 Å². The summed E-state index contributed by atoms with van der Waals surface area (Å²) in [5.74, 6) is 0.345. The highest BCUT2D eigenvalue weighted by atomic mass is 32.2. The molecule has 0 aromatic carbocycles. The number of nitrogens with zero attached hydrogens (tertiary/aromatic N) is 1. The summed E-state index contributed by atoms with van der Waals surface area (Å²) in [5.41, 5.74) is 3.72. The maximum Gasteiger partial charge on any atom is 0.165 e. The number of carbonyl (C=O) groups excluding carboxylic acids is 1.